The molecular weight excluding hydrogens is 295 g/mol. The molecule has 3 nitrogen and oxygen atoms in total. The number of benzene rings is 2. The molecule has 0 heterocycles. The van der Waals surface area contributed by atoms with Gasteiger partial charge in [-0.1, -0.05) is 23.2 Å². The van der Waals surface area contributed by atoms with Crippen molar-refractivity contribution in [2.75, 3.05) is 0 Å². The van der Waals surface area contributed by atoms with Crippen molar-refractivity contribution < 1.29 is 13.5 Å². The van der Waals surface area contributed by atoms with E-state index < -0.39 is 9.84 Å². The zero-order valence-corrected chi connectivity index (χ0v) is 11.3. The van der Waals surface area contributed by atoms with E-state index >= 15 is 0 Å². The Morgan fingerprint density at radius 1 is 0.833 bits per heavy atom. The summed E-state index contributed by atoms with van der Waals surface area (Å²) in [5.74, 6) is 0.00286. The minimum Gasteiger partial charge on any atom is -0.508 e. The van der Waals surface area contributed by atoms with Gasteiger partial charge in [-0.25, -0.2) is 8.42 Å². The molecule has 0 atom stereocenters. The number of rotatable bonds is 2. The van der Waals surface area contributed by atoms with Gasteiger partial charge in [0.15, 0.2) is 0 Å². The maximum absolute atomic E-state index is 12.2. The minimum absolute atomic E-state index is 0.00286. The van der Waals surface area contributed by atoms with Crippen LogP contribution in [0.2, 0.25) is 10.0 Å². The first-order valence-electron chi connectivity index (χ1n) is 4.90. The lowest BCUT2D eigenvalue weighted by Crippen LogP contribution is -2.01. The monoisotopic (exact) mass is 302 g/mol. The second-order valence-electron chi connectivity index (χ2n) is 3.57. The molecule has 2 rings (SSSR count). The van der Waals surface area contributed by atoms with Crippen LogP contribution in [0.15, 0.2) is 52.3 Å². The van der Waals surface area contributed by atoms with Gasteiger partial charge in [-0.3, -0.25) is 0 Å². The predicted octanol–water partition coefficient (Wildman–Crippen LogP) is 3.53. The van der Waals surface area contributed by atoms with Crippen molar-refractivity contribution in [3.8, 4) is 5.75 Å². The number of hydrogen-bond acceptors (Lipinski definition) is 3. The second-order valence-corrected chi connectivity index (χ2v) is 6.34. The van der Waals surface area contributed by atoms with E-state index in [4.69, 9.17) is 28.3 Å². The topological polar surface area (TPSA) is 54.4 Å². The van der Waals surface area contributed by atoms with Crippen molar-refractivity contribution in [1.82, 2.24) is 0 Å². The molecule has 94 valence electrons. The summed E-state index contributed by atoms with van der Waals surface area (Å²) in [6.07, 6.45) is 0. The maximum Gasteiger partial charge on any atom is 0.206 e. The van der Waals surface area contributed by atoms with Gasteiger partial charge in [0, 0.05) is 0 Å². The Morgan fingerprint density at radius 2 is 1.39 bits per heavy atom. The Bertz CT molecular complexity index is 679. The van der Waals surface area contributed by atoms with Crippen LogP contribution in [-0.2, 0) is 9.84 Å². The molecule has 18 heavy (non-hydrogen) atoms. The summed E-state index contributed by atoms with van der Waals surface area (Å²) in [4.78, 5) is 0.140. The Balaban J connectivity index is 2.54. The Morgan fingerprint density at radius 3 is 1.94 bits per heavy atom. The highest BCUT2D eigenvalue weighted by Crippen LogP contribution is 2.28. The molecule has 0 radical (unpaired) electrons. The quantitative estimate of drug-likeness (QED) is 0.923. The zero-order chi connectivity index (χ0) is 13.3. The van der Waals surface area contributed by atoms with Crippen LogP contribution in [0.4, 0.5) is 0 Å². The first kappa shape index (κ1) is 13.2. The van der Waals surface area contributed by atoms with Gasteiger partial charge in [0.05, 0.1) is 19.8 Å². The largest absolute Gasteiger partial charge is 0.508 e. The highest BCUT2D eigenvalue weighted by atomic mass is 35.5. The molecular formula is C12H8Cl2O3S. The van der Waals surface area contributed by atoms with Crippen LogP contribution in [0.1, 0.15) is 0 Å². The summed E-state index contributed by atoms with van der Waals surface area (Å²) in [7, 11) is -3.65. The summed E-state index contributed by atoms with van der Waals surface area (Å²) < 4.78 is 24.5. The Hall–Kier alpha value is -1.23. The van der Waals surface area contributed by atoms with Crippen LogP contribution in [0.25, 0.3) is 0 Å². The Labute approximate surface area is 115 Å². The van der Waals surface area contributed by atoms with Crippen LogP contribution in [0.5, 0.6) is 5.75 Å². The lowest BCUT2D eigenvalue weighted by molar-refractivity contribution is 0.475. The van der Waals surface area contributed by atoms with E-state index in [1.165, 1.54) is 42.5 Å². The number of phenols is 1. The van der Waals surface area contributed by atoms with Crippen LogP contribution in [0.3, 0.4) is 0 Å². The lowest BCUT2D eigenvalue weighted by Gasteiger charge is -2.05. The van der Waals surface area contributed by atoms with Gasteiger partial charge in [-0.15, -0.1) is 0 Å². The summed E-state index contributed by atoms with van der Waals surface area (Å²) >= 11 is 11.5. The van der Waals surface area contributed by atoms with Crippen LogP contribution >= 0.6 is 23.2 Å². The van der Waals surface area contributed by atoms with Gasteiger partial charge in [0.1, 0.15) is 5.75 Å². The van der Waals surface area contributed by atoms with Crippen LogP contribution in [-0.4, -0.2) is 13.5 Å². The number of sulfone groups is 1. The molecule has 0 saturated heterocycles. The van der Waals surface area contributed by atoms with E-state index in [-0.39, 0.29) is 20.6 Å². The number of aromatic hydroxyl groups is 1. The molecule has 0 spiro atoms. The second kappa shape index (κ2) is 4.80. The molecule has 6 heteroatoms. The average molecular weight is 303 g/mol. The van der Waals surface area contributed by atoms with Crippen molar-refractivity contribution >= 4 is 33.0 Å². The van der Waals surface area contributed by atoms with Crippen LogP contribution in [0, 0.1) is 0 Å². The summed E-state index contributed by atoms with van der Waals surface area (Å²) in [6, 6.07) is 9.38. The summed E-state index contributed by atoms with van der Waals surface area (Å²) in [6.45, 7) is 0. The van der Waals surface area contributed by atoms with Gasteiger partial charge in [-0.05, 0) is 42.5 Å². The molecule has 0 unspecified atom stereocenters. The maximum atomic E-state index is 12.2. The van der Waals surface area contributed by atoms with Gasteiger partial charge in [-0.2, -0.15) is 0 Å². The van der Waals surface area contributed by atoms with Gasteiger partial charge in [0.25, 0.3) is 0 Å². The van der Waals surface area contributed by atoms with Crippen molar-refractivity contribution in [2.24, 2.45) is 0 Å². The van der Waals surface area contributed by atoms with E-state index in [0.717, 1.165) is 0 Å². The van der Waals surface area contributed by atoms with E-state index in [1.807, 2.05) is 0 Å². The fourth-order valence-corrected chi connectivity index (χ4v) is 3.05. The zero-order valence-electron chi connectivity index (χ0n) is 8.97. The van der Waals surface area contributed by atoms with Crippen molar-refractivity contribution in [3.05, 3.63) is 52.5 Å². The molecule has 0 saturated carbocycles. The molecule has 2 aromatic rings. The molecule has 0 fully saturated rings. The van der Waals surface area contributed by atoms with Gasteiger partial charge in [0.2, 0.25) is 9.84 Å². The average Bonchev–Trinajstić information content (AvgIpc) is 2.33. The molecule has 0 aliphatic rings. The van der Waals surface area contributed by atoms with Gasteiger partial charge >= 0.3 is 0 Å². The Kier molecular flexibility index (Phi) is 3.52. The number of hydrogen-bond donors (Lipinski definition) is 1. The van der Waals surface area contributed by atoms with E-state index in [0.29, 0.717) is 5.02 Å². The normalized spacial score (nSPS) is 11.4. The summed E-state index contributed by atoms with van der Waals surface area (Å²) in [5.41, 5.74) is 0. The number of halogens is 2. The summed E-state index contributed by atoms with van der Waals surface area (Å²) in [5, 5.41) is 9.61. The minimum atomic E-state index is -3.65. The third kappa shape index (κ3) is 2.46. The molecule has 0 bridgehead atoms. The molecule has 0 aliphatic carbocycles. The van der Waals surface area contributed by atoms with Crippen molar-refractivity contribution in [1.29, 1.82) is 0 Å². The highest BCUT2D eigenvalue weighted by Gasteiger charge is 2.18. The highest BCUT2D eigenvalue weighted by molar-refractivity contribution is 7.91. The van der Waals surface area contributed by atoms with Crippen molar-refractivity contribution in [3.63, 3.8) is 0 Å². The molecule has 0 aromatic heterocycles. The lowest BCUT2D eigenvalue weighted by atomic mass is 10.3. The third-order valence-corrected chi connectivity index (χ3v) is 4.85. The first-order valence-corrected chi connectivity index (χ1v) is 7.14. The van der Waals surface area contributed by atoms with Crippen molar-refractivity contribution in [2.45, 2.75) is 9.79 Å². The van der Waals surface area contributed by atoms with Crippen LogP contribution < -0.4 is 0 Å². The molecule has 2 aromatic carbocycles. The van der Waals surface area contributed by atoms with Gasteiger partial charge < -0.3 is 5.11 Å². The predicted molar refractivity (Wildman–Crippen MR) is 70.0 cm³/mol. The van der Waals surface area contributed by atoms with E-state index in [1.54, 1.807) is 0 Å². The SMILES string of the molecule is O=S(=O)(c1ccc(O)cc1)c1ccc(Cl)c(Cl)c1. The number of phenolic OH excluding ortho intramolecular Hbond substituents is 1. The van der Waals surface area contributed by atoms with E-state index in [2.05, 4.69) is 0 Å². The molecule has 0 aliphatic heterocycles. The fraction of sp³-hybridized carbons (Fsp3) is 0. The molecule has 0 amide bonds. The third-order valence-electron chi connectivity index (χ3n) is 2.35. The smallest absolute Gasteiger partial charge is 0.206 e. The standard InChI is InChI=1S/C12H8Cl2O3S/c13-11-6-5-10(7-12(11)14)18(16,17)9-3-1-8(15)2-4-9/h1-7,15H. The first-order chi connectivity index (χ1) is 8.41. The fourth-order valence-electron chi connectivity index (χ4n) is 1.41. The molecule has 1 N–H and O–H groups in total. The van der Waals surface area contributed by atoms with E-state index in [9.17, 15) is 8.42 Å².